The highest BCUT2D eigenvalue weighted by atomic mass is 32.1. The minimum atomic E-state index is -0.196. The van der Waals surface area contributed by atoms with Crippen LogP contribution >= 0.6 is 11.3 Å². The molecule has 1 aliphatic rings. The summed E-state index contributed by atoms with van der Waals surface area (Å²) in [5.74, 6) is 0.182. The van der Waals surface area contributed by atoms with Gasteiger partial charge in [0.05, 0.1) is 7.11 Å². The lowest BCUT2D eigenvalue weighted by Crippen LogP contribution is -2.32. The number of thiophene rings is 1. The van der Waals surface area contributed by atoms with Gasteiger partial charge >= 0.3 is 0 Å². The Morgan fingerprint density at radius 1 is 1.50 bits per heavy atom. The van der Waals surface area contributed by atoms with E-state index in [9.17, 15) is 9.90 Å². The molecule has 0 saturated heterocycles. The number of aliphatic hydroxyl groups excluding tert-OH is 1. The molecule has 2 aromatic rings. The highest BCUT2D eigenvalue weighted by Gasteiger charge is 2.21. The van der Waals surface area contributed by atoms with Crippen LogP contribution in [0.15, 0.2) is 22.9 Å². The van der Waals surface area contributed by atoms with E-state index in [1.165, 1.54) is 12.7 Å². The first-order valence-corrected chi connectivity index (χ1v) is 9.12. The zero-order chi connectivity index (χ0) is 16.9. The molecule has 3 rings (SSSR count). The molecular weight excluding hydrogens is 324 g/mol. The number of aliphatic hydroxyl groups is 1. The minimum absolute atomic E-state index is 0.00284. The van der Waals surface area contributed by atoms with Crippen LogP contribution in [0.5, 0.6) is 5.88 Å². The maximum absolute atomic E-state index is 12.5. The number of hydrogen-bond donors (Lipinski definition) is 2. The first kappa shape index (κ1) is 16.9. The Labute approximate surface area is 145 Å². The van der Waals surface area contributed by atoms with Crippen LogP contribution in [0.3, 0.4) is 0 Å². The third-order valence-corrected chi connectivity index (χ3v) is 5.10. The Balaban J connectivity index is 1.66. The normalized spacial score (nSPS) is 14.2. The predicted octanol–water partition coefficient (Wildman–Crippen LogP) is 2.22. The Morgan fingerprint density at radius 2 is 2.38 bits per heavy atom. The number of methoxy groups -OCH3 is 1. The van der Waals surface area contributed by atoms with Crippen LogP contribution in [0.25, 0.3) is 0 Å². The van der Waals surface area contributed by atoms with Gasteiger partial charge < -0.3 is 15.2 Å². The lowest BCUT2D eigenvalue weighted by molar-refractivity contribution is 0.0936. The topological polar surface area (TPSA) is 71.5 Å². The molecule has 1 aliphatic carbocycles. The fraction of sp³-hybridized carbons (Fsp3) is 0.444. The number of nitrogens with one attached hydrogen (secondary N) is 1. The van der Waals surface area contributed by atoms with Crippen molar-refractivity contribution in [3.63, 3.8) is 0 Å². The summed E-state index contributed by atoms with van der Waals surface area (Å²) in [5.41, 5.74) is 3.84. The van der Waals surface area contributed by atoms with Gasteiger partial charge in [0.15, 0.2) is 0 Å². The number of fused-ring (bicyclic) bond motifs is 1. The number of aryl methyl sites for hydroxylation is 2. The molecule has 6 heteroatoms. The van der Waals surface area contributed by atoms with Crippen LogP contribution < -0.4 is 10.1 Å². The molecule has 2 heterocycles. The summed E-state index contributed by atoms with van der Waals surface area (Å²) < 4.78 is 5.29. The highest BCUT2D eigenvalue weighted by Crippen LogP contribution is 2.26. The molecule has 0 aromatic carbocycles. The Kier molecular flexibility index (Phi) is 5.48. The van der Waals surface area contributed by atoms with Crippen molar-refractivity contribution in [3.05, 3.63) is 45.3 Å². The maximum atomic E-state index is 12.5. The number of carbonyl (C=O) groups excluding carboxylic acids is 1. The number of hydrogen-bond acceptors (Lipinski definition) is 5. The van der Waals surface area contributed by atoms with Crippen LogP contribution in [0.4, 0.5) is 0 Å². The molecule has 24 heavy (non-hydrogen) atoms. The van der Waals surface area contributed by atoms with Crippen LogP contribution in [0, 0.1) is 5.92 Å². The molecule has 5 nitrogen and oxygen atoms in total. The molecule has 2 N–H and O–H groups in total. The van der Waals surface area contributed by atoms with Crippen molar-refractivity contribution in [1.29, 1.82) is 0 Å². The third kappa shape index (κ3) is 3.76. The van der Waals surface area contributed by atoms with Crippen molar-refractivity contribution in [1.82, 2.24) is 10.3 Å². The van der Waals surface area contributed by atoms with Gasteiger partial charge in [-0.15, -0.1) is 0 Å². The van der Waals surface area contributed by atoms with Gasteiger partial charge in [-0.25, -0.2) is 4.98 Å². The van der Waals surface area contributed by atoms with Gasteiger partial charge in [-0.3, -0.25) is 4.79 Å². The van der Waals surface area contributed by atoms with Crippen LogP contribution in [0.1, 0.15) is 33.6 Å². The van der Waals surface area contributed by atoms with E-state index in [1.54, 1.807) is 11.3 Å². The molecule has 1 amide bonds. The summed E-state index contributed by atoms with van der Waals surface area (Å²) in [6.45, 7) is 0.459. The van der Waals surface area contributed by atoms with E-state index >= 15 is 0 Å². The van der Waals surface area contributed by atoms with Crippen molar-refractivity contribution in [3.8, 4) is 5.88 Å². The number of rotatable bonds is 7. The lowest BCUT2D eigenvalue weighted by Gasteiger charge is -2.15. The lowest BCUT2D eigenvalue weighted by atomic mass is 10.0. The van der Waals surface area contributed by atoms with Crippen LogP contribution in [-0.2, 0) is 19.3 Å². The van der Waals surface area contributed by atoms with Gasteiger partial charge in [0.1, 0.15) is 5.56 Å². The number of nitrogens with zero attached hydrogens (tertiary/aromatic N) is 1. The minimum Gasteiger partial charge on any atom is -0.480 e. The molecular formula is C18H22N2O3S. The van der Waals surface area contributed by atoms with E-state index in [0.717, 1.165) is 36.9 Å². The second-order valence-corrected chi connectivity index (χ2v) is 6.88. The fourth-order valence-electron chi connectivity index (χ4n) is 3.05. The molecule has 0 radical (unpaired) electrons. The monoisotopic (exact) mass is 346 g/mol. The van der Waals surface area contributed by atoms with Crippen molar-refractivity contribution >= 4 is 17.2 Å². The van der Waals surface area contributed by atoms with Crippen LogP contribution in [-0.4, -0.2) is 36.3 Å². The number of pyridine rings is 1. The summed E-state index contributed by atoms with van der Waals surface area (Å²) in [6, 6.07) is 3.94. The van der Waals surface area contributed by atoms with Gasteiger partial charge in [0.2, 0.25) is 5.88 Å². The molecule has 0 saturated carbocycles. The second-order valence-electron chi connectivity index (χ2n) is 6.10. The number of amides is 1. The van der Waals surface area contributed by atoms with E-state index in [0.29, 0.717) is 18.0 Å². The Morgan fingerprint density at radius 3 is 3.08 bits per heavy atom. The Hall–Kier alpha value is -1.92. The number of aromatic nitrogens is 1. The molecule has 1 atom stereocenters. The average molecular weight is 346 g/mol. The second kappa shape index (κ2) is 7.77. The van der Waals surface area contributed by atoms with E-state index in [1.807, 2.05) is 17.5 Å². The van der Waals surface area contributed by atoms with Gasteiger partial charge in [-0.2, -0.15) is 11.3 Å². The molecule has 0 spiro atoms. The zero-order valence-electron chi connectivity index (χ0n) is 13.7. The molecule has 0 fully saturated rings. The molecule has 0 unspecified atom stereocenters. The molecule has 0 bridgehead atoms. The summed E-state index contributed by atoms with van der Waals surface area (Å²) in [6.07, 6.45) is 3.73. The highest BCUT2D eigenvalue weighted by molar-refractivity contribution is 7.07. The van der Waals surface area contributed by atoms with Gasteiger partial charge in [0, 0.05) is 24.8 Å². The van der Waals surface area contributed by atoms with E-state index in [4.69, 9.17) is 4.74 Å². The average Bonchev–Trinajstić information content (AvgIpc) is 3.27. The largest absolute Gasteiger partial charge is 0.480 e. The van der Waals surface area contributed by atoms with Crippen LogP contribution in [0.2, 0.25) is 0 Å². The third-order valence-electron chi connectivity index (χ3n) is 4.37. The predicted molar refractivity (Wildman–Crippen MR) is 93.7 cm³/mol. The van der Waals surface area contributed by atoms with E-state index in [-0.39, 0.29) is 18.4 Å². The molecule has 2 aromatic heterocycles. The molecule has 128 valence electrons. The first-order valence-electron chi connectivity index (χ1n) is 8.18. The van der Waals surface area contributed by atoms with E-state index in [2.05, 4.69) is 15.7 Å². The van der Waals surface area contributed by atoms with Crippen molar-refractivity contribution in [2.24, 2.45) is 5.92 Å². The smallest absolute Gasteiger partial charge is 0.256 e. The Bertz CT molecular complexity index is 701. The van der Waals surface area contributed by atoms with Crippen molar-refractivity contribution in [2.45, 2.75) is 25.7 Å². The maximum Gasteiger partial charge on any atom is 0.256 e. The van der Waals surface area contributed by atoms with E-state index < -0.39 is 0 Å². The quantitative estimate of drug-likeness (QED) is 0.806. The summed E-state index contributed by atoms with van der Waals surface area (Å²) in [7, 11) is 1.54. The SMILES string of the molecule is COc1nc2c(cc1C(=O)NC[C@@H](CO)Cc1ccsc1)CCC2. The van der Waals surface area contributed by atoms with Gasteiger partial charge in [0.25, 0.3) is 5.91 Å². The zero-order valence-corrected chi connectivity index (χ0v) is 14.6. The van der Waals surface area contributed by atoms with Gasteiger partial charge in [-0.05, 0) is 59.7 Å². The number of carbonyl (C=O) groups is 1. The van der Waals surface area contributed by atoms with Gasteiger partial charge in [-0.1, -0.05) is 0 Å². The summed E-state index contributed by atoms with van der Waals surface area (Å²) in [5, 5.41) is 16.5. The summed E-state index contributed by atoms with van der Waals surface area (Å²) in [4.78, 5) is 17.0. The van der Waals surface area contributed by atoms with Crippen molar-refractivity contribution in [2.75, 3.05) is 20.3 Å². The first-order chi connectivity index (χ1) is 11.7. The fourth-order valence-corrected chi connectivity index (χ4v) is 3.73. The molecule has 0 aliphatic heterocycles. The standard InChI is InChI=1S/C18H22N2O3S/c1-23-18-15(8-14-3-2-4-16(14)20-18)17(22)19-9-13(10-21)7-12-5-6-24-11-12/h5-6,8,11,13,21H,2-4,7,9-10H2,1H3,(H,19,22)/t13-/m0/s1. The summed E-state index contributed by atoms with van der Waals surface area (Å²) >= 11 is 1.64. The number of ether oxygens (including phenoxy) is 1. The van der Waals surface area contributed by atoms with Crippen molar-refractivity contribution < 1.29 is 14.6 Å².